The van der Waals surface area contributed by atoms with Gasteiger partial charge in [0.15, 0.2) is 0 Å². The largest absolute Gasteiger partial charge is 0.351 e. The Balaban J connectivity index is 2.93. The molecule has 1 amide bonds. The SMILES string of the molecule is Cc1cc(C(=O)N=C=O)on1. The second-order valence-electron chi connectivity index (χ2n) is 1.84. The lowest BCUT2D eigenvalue weighted by molar-refractivity contribution is 0.0967. The van der Waals surface area contributed by atoms with Crippen LogP contribution in [0, 0.1) is 6.92 Å². The fourth-order valence-corrected chi connectivity index (χ4v) is 0.561. The smallest absolute Gasteiger partial charge is 0.326 e. The fraction of sp³-hybridized carbons (Fsp3) is 0.167. The molecule has 0 aromatic carbocycles. The molecule has 1 heterocycles. The highest BCUT2D eigenvalue weighted by molar-refractivity contribution is 5.94. The quantitative estimate of drug-likeness (QED) is 0.432. The molecule has 1 aromatic rings. The fourth-order valence-electron chi connectivity index (χ4n) is 0.561. The normalized spacial score (nSPS) is 8.82. The summed E-state index contributed by atoms with van der Waals surface area (Å²) in [5.41, 5.74) is 0.564. The van der Waals surface area contributed by atoms with Crippen LogP contribution in [0.2, 0.25) is 0 Å². The van der Waals surface area contributed by atoms with Gasteiger partial charge in [-0.25, -0.2) is 4.79 Å². The Hall–Kier alpha value is -1.74. The molecule has 0 atom stereocenters. The molecule has 0 spiro atoms. The van der Waals surface area contributed by atoms with Crippen molar-refractivity contribution >= 4 is 12.0 Å². The van der Waals surface area contributed by atoms with Crippen molar-refractivity contribution in [1.29, 1.82) is 0 Å². The van der Waals surface area contributed by atoms with E-state index < -0.39 is 5.91 Å². The second-order valence-corrected chi connectivity index (χ2v) is 1.84. The van der Waals surface area contributed by atoms with Gasteiger partial charge < -0.3 is 4.52 Å². The van der Waals surface area contributed by atoms with Gasteiger partial charge in [0.05, 0.1) is 5.69 Å². The van der Waals surface area contributed by atoms with Gasteiger partial charge in [0.2, 0.25) is 11.8 Å². The van der Waals surface area contributed by atoms with Crippen LogP contribution in [0.25, 0.3) is 0 Å². The summed E-state index contributed by atoms with van der Waals surface area (Å²) in [4.78, 5) is 23.1. The molecule has 0 fully saturated rings. The number of hydrogen-bond acceptors (Lipinski definition) is 4. The summed E-state index contributed by atoms with van der Waals surface area (Å²) >= 11 is 0. The zero-order valence-electron chi connectivity index (χ0n) is 5.70. The van der Waals surface area contributed by atoms with Gasteiger partial charge in [-0.05, 0) is 6.92 Å². The Morgan fingerprint density at radius 3 is 3.00 bits per heavy atom. The lowest BCUT2D eigenvalue weighted by atomic mass is 10.4. The molecule has 5 heteroatoms. The molecule has 0 N–H and O–H groups in total. The topological polar surface area (TPSA) is 72.5 Å². The van der Waals surface area contributed by atoms with Crippen molar-refractivity contribution in [2.75, 3.05) is 0 Å². The van der Waals surface area contributed by atoms with Crippen molar-refractivity contribution < 1.29 is 14.1 Å². The number of carbonyl (C=O) groups is 1. The summed E-state index contributed by atoms with van der Waals surface area (Å²) in [6.07, 6.45) is 1.11. The van der Waals surface area contributed by atoms with E-state index in [9.17, 15) is 9.59 Å². The highest BCUT2D eigenvalue weighted by Crippen LogP contribution is 2.02. The first-order chi connectivity index (χ1) is 5.24. The maximum atomic E-state index is 10.7. The van der Waals surface area contributed by atoms with Gasteiger partial charge >= 0.3 is 5.91 Å². The van der Waals surface area contributed by atoms with Gasteiger partial charge in [0.1, 0.15) is 0 Å². The number of carbonyl (C=O) groups excluding carboxylic acids is 2. The van der Waals surface area contributed by atoms with Gasteiger partial charge in [-0.1, -0.05) is 5.16 Å². The average molecular weight is 152 g/mol. The molecule has 0 radical (unpaired) electrons. The zero-order valence-corrected chi connectivity index (χ0v) is 5.70. The van der Waals surface area contributed by atoms with Crippen LogP contribution in [0.15, 0.2) is 15.6 Å². The monoisotopic (exact) mass is 152 g/mol. The van der Waals surface area contributed by atoms with Crippen LogP contribution >= 0.6 is 0 Å². The summed E-state index contributed by atoms with van der Waals surface area (Å²) < 4.78 is 4.51. The van der Waals surface area contributed by atoms with E-state index in [4.69, 9.17) is 0 Å². The van der Waals surface area contributed by atoms with Crippen molar-refractivity contribution in [3.8, 4) is 0 Å². The molecule has 0 unspecified atom stereocenters. The van der Waals surface area contributed by atoms with Crippen LogP contribution in [0.5, 0.6) is 0 Å². The lowest BCUT2D eigenvalue weighted by Gasteiger charge is -1.77. The Morgan fingerprint density at radius 2 is 2.55 bits per heavy atom. The van der Waals surface area contributed by atoms with Crippen molar-refractivity contribution in [2.24, 2.45) is 4.99 Å². The molecular formula is C6H4N2O3. The Kier molecular flexibility index (Phi) is 1.94. The molecule has 0 saturated heterocycles. The third kappa shape index (κ3) is 1.59. The minimum Gasteiger partial charge on any atom is -0.351 e. The third-order valence-corrected chi connectivity index (χ3v) is 0.986. The average Bonchev–Trinajstić information content (AvgIpc) is 2.36. The summed E-state index contributed by atoms with van der Waals surface area (Å²) in [7, 11) is 0. The lowest BCUT2D eigenvalue weighted by Crippen LogP contribution is -1.89. The van der Waals surface area contributed by atoms with E-state index in [2.05, 4.69) is 14.7 Å². The molecule has 0 aliphatic rings. The van der Waals surface area contributed by atoms with Crippen LogP contribution in [0.1, 0.15) is 16.2 Å². The Bertz CT molecular complexity index is 322. The third-order valence-electron chi connectivity index (χ3n) is 0.986. The number of aryl methyl sites for hydroxylation is 1. The van der Waals surface area contributed by atoms with E-state index in [1.807, 2.05) is 0 Å². The van der Waals surface area contributed by atoms with Crippen LogP contribution in [0.4, 0.5) is 0 Å². The van der Waals surface area contributed by atoms with E-state index in [0.29, 0.717) is 5.69 Å². The standard InChI is InChI=1S/C6H4N2O3/c1-4-2-5(11-8-4)6(10)7-3-9/h2H,1H3. The van der Waals surface area contributed by atoms with Gasteiger partial charge in [-0.2, -0.15) is 0 Å². The van der Waals surface area contributed by atoms with Crippen LogP contribution in [0.3, 0.4) is 0 Å². The number of rotatable bonds is 1. The number of nitrogens with zero attached hydrogens (tertiary/aromatic N) is 2. The predicted molar refractivity (Wildman–Crippen MR) is 33.7 cm³/mol. The number of aromatic nitrogens is 1. The van der Waals surface area contributed by atoms with Crippen molar-refractivity contribution in [2.45, 2.75) is 6.92 Å². The summed E-state index contributed by atoms with van der Waals surface area (Å²) in [5, 5.41) is 3.43. The Morgan fingerprint density at radius 1 is 1.82 bits per heavy atom. The van der Waals surface area contributed by atoms with Gasteiger partial charge in [0, 0.05) is 6.07 Å². The maximum Gasteiger partial charge on any atom is 0.326 e. The minimum atomic E-state index is -0.763. The number of isocyanates is 1. The molecule has 11 heavy (non-hydrogen) atoms. The Labute approximate surface area is 61.7 Å². The highest BCUT2D eigenvalue weighted by Gasteiger charge is 2.09. The first-order valence-electron chi connectivity index (χ1n) is 2.79. The van der Waals surface area contributed by atoms with Crippen LogP contribution in [-0.2, 0) is 4.79 Å². The van der Waals surface area contributed by atoms with E-state index in [0.717, 1.165) is 6.08 Å². The zero-order chi connectivity index (χ0) is 8.27. The van der Waals surface area contributed by atoms with E-state index in [1.165, 1.54) is 6.07 Å². The molecule has 1 aromatic heterocycles. The van der Waals surface area contributed by atoms with E-state index in [-0.39, 0.29) is 5.76 Å². The first-order valence-corrected chi connectivity index (χ1v) is 2.79. The number of amides is 1. The molecule has 0 bridgehead atoms. The molecule has 1 rings (SSSR count). The predicted octanol–water partition coefficient (Wildman–Crippen LogP) is 0.459. The van der Waals surface area contributed by atoms with E-state index >= 15 is 0 Å². The van der Waals surface area contributed by atoms with Crippen LogP contribution in [-0.4, -0.2) is 17.1 Å². The van der Waals surface area contributed by atoms with Gasteiger partial charge in [0.25, 0.3) is 0 Å². The van der Waals surface area contributed by atoms with Crippen molar-refractivity contribution in [3.05, 3.63) is 17.5 Å². The van der Waals surface area contributed by atoms with Crippen molar-refractivity contribution in [3.63, 3.8) is 0 Å². The summed E-state index contributed by atoms with van der Waals surface area (Å²) in [5.74, 6) is -0.813. The number of hydrogen-bond donors (Lipinski definition) is 0. The molecular weight excluding hydrogens is 148 g/mol. The maximum absolute atomic E-state index is 10.7. The van der Waals surface area contributed by atoms with Gasteiger partial charge in [-0.3, -0.25) is 4.79 Å². The highest BCUT2D eigenvalue weighted by atomic mass is 16.5. The molecule has 56 valence electrons. The first kappa shape index (κ1) is 7.37. The molecule has 5 nitrogen and oxygen atoms in total. The van der Waals surface area contributed by atoms with Crippen molar-refractivity contribution in [1.82, 2.24) is 5.16 Å². The molecule has 0 aliphatic heterocycles. The van der Waals surface area contributed by atoms with E-state index in [1.54, 1.807) is 6.92 Å². The van der Waals surface area contributed by atoms with Crippen LogP contribution < -0.4 is 0 Å². The van der Waals surface area contributed by atoms with Gasteiger partial charge in [-0.15, -0.1) is 4.99 Å². The summed E-state index contributed by atoms with van der Waals surface area (Å²) in [6, 6.07) is 1.39. The minimum absolute atomic E-state index is 0.0501. The molecule has 0 saturated carbocycles. The summed E-state index contributed by atoms with van der Waals surface area (Å²) in [6.45, 7) is 1.66. The number of aliphatic imine (C=N–C) groups is 1. The second kappa shape index (κ2) is 2.90. The molecule has 0 aliphatic carbocycles.